The lowest BCUT2D eigenvalue weighted by Crippen LogP contribution is -1.86. The maximum atomic E-state index is 10.5. The lowest BCUT2D eigenvalue weighted by Gasteiger charge is -2.03. The van der Waals surface area contributed by atoms with E-state index in [9.17, 15) is 10.1 Å². The van der Waals surface area contributed by atoms with Crippen molar-refractivity contribution in [3.63, 3.8) is 0 Å². The molecule has 2 aromatic rings. The Morgan fingerprint density at radius 3 is 1.84 bits per heavy atom. The van der Waals surface area contributed by atoms with E-state index >= 15 is 0 Å². The summed E-state index contributed by atoms with van der Waals surface area (Å²) >= 11 is 0. The van der Waals surface area contributed by atoms with E-state index in [0.717, 1.165) is 15.5 Å². The van der Waals surface area contributed by atoms with Gasteiger partial charge < -0.3 is 4.74 Å². The molecule has 0 N–H and O–H groups in total. The van der Waals surface area contributed by atoms with Gasteiger partial charge in [0.1, 0.15) is 5.75 Å². The van der Waals surface area contributed by atoms with Crippen LogP contribution in [0.1, 0.15) is 0 Å². The topological polar surface area (TPSA) is 52.4 Å². The molecule has 6 heteroatoms. The summed E-state index contributed by atoms with van der Waals surface area (Å²) < 4.78 is 5.09. The molecule has 0 atom stereocenters. The third-order valence-corrected chi connectivity index (χ3v) is 4.76. The second kappa shape index (κ2) is 6.49. The number of hydrogen-bond donors (Lipinski definition) is 0. The lowest BCUT2D eigenvalue weighted by atomic mass is 10.3. The summed E-state index contributed by atoms with van der Waals surface area (Å²) in [6.07, 6.45) is 0. The molecule has 0 fully saturated rings. The highest BCUT2D eigenvalue weighted by atomic mass is 33.1. The summed E-state index contributed by atoms with van der Waals surface area (Å²) in [5.74, 6) is 0.824. The van der Waals surface area contributed by atoms with Crippen molar-refractivity contribution in [3.05, 3.63) is 58.6 Å². The molecule has 0 heterocycles. The molecule has 0 spiro atoms. The molecule has 0 bridgehead atoms. The van der Waals surface area contributed by atoms with Gasteiger partial charge in [0.15, 0.2) is 0 Å². The first-order chi connectivity index (χ1) is 9.19. The molecule has 0 saturated carbocycles. The van der Waals surface area contributed by atoms with Gasteiger partial charge in [0.05, 0.1) is 12.0 Å². The van der Waals surface area contributed by atoms with Crippen LogP contribution in [0.2, 0.25) is 0 Å². The van der Waals surface area contributed by atoms with Crippen LogP contribution in [0, 0.1) is 10.1 Å². The quantitative estimate of drug-likeness (QED) is 0.464. The normalized spacial score (nSPS) is 10.2. The van der Waals surface area contributed by atoms with Gasteiger partial charge in [-0.2, -0.15) is 0 Å². The zero-order chi connectivity index (χ0) is 13.7. The minimum Gasteiger partial charge on any atom is -0.497 e. The fourth-order valence-corrected chi connectivity index (χ4v) is 3.28. The molecular weight excluding hydrogens is 282 g/mol. The van der Waals surface area contributed by atoms with Crippen molar-refractivity contribution in [2.24, 2.45) is 0 Å². The minimum absolute atomic E-state index is 0.110. The Bertz CT molecular complexity index is 555. The summed E-state index contributed by atoms with van der Waals surface area (Å²) in [5, 5.41) is 10.5. The van der Waals surface area contributed by atoms with Gasteiger partial charge in [-0.3, -0.25) is 10.1 Å². The predicted octanol–water partition coefficient (Wildman–Crippen LogP) is 4.40. The monoisotopic (exact) mass is 293 g/mol. The van der Waals surface area contributed by atoms with Crippen LogP contribution in [-0.4, -0.2) is 12.0 Å². The van der Waals surface area contributed by atoms with E-state index < -0.39 is 4.92 Å². The van der Waals surface area contributed by atoms with Gasteiger partial charge >= 0.3 is 0 Å². The Morgan fingerprint density at radius 1 is 0.947 bits per heavy atom. The van der Waals surface area contributed by atoms with E-state index in [0.29, 0.717) is 0 Å². The number of nitro groups is 1. The largest absolute Gasteiger partial charge is 0.497 e. The molecule has 2 rings (SSSR count). The fraction of sp³-hybridized carbons (Fsp3) is 0.0769. The molecule has 0 aliphatic heterocycles. The molecule has 0 amide bonds. The average molecular weight is 293 g/mol. The molecule has 2 aromatic carbocycles. The molecule has 0 saturated heterocycles. The summed E-state index contributed by atoms with van der Waals surface area (Å²) in [6.45, 7) is 0. The Morgan fingerprint density at radius 2 is 1.42 bits per heavy atom. The van der Waals surface area contributed by atoms with E-state index in [1.165, 1.54) is 12.1 Å². The van der Waals surface area contributed by atoms with E-state index in [2.05, 4.69) is 0 Å². The summed E-state index contributed by atoms with van der Waals surface area (Å²) in [4.78, 5) is 12.2. The maximum absolute atomic E-state index is 10.5. The Labute approximate surface area is 118 Å². The highest BCUT2D eigenvalue weighted by Gasteiger charge is 2.04. The van der Waals surface area contributed by atoms with Crippen molar-refractivity contribution in [1.29, 1.82) is 0 Å². The third kappa shape index (κ3) is 3.90. The van der Waals surface area contributed by atoms with Crippen LogP contribution in [0.15, 0.2) is 58.3 Å². The van der Waals surface area contributed by atoms with Gasteiger partial charge in [0.2, 0.25) is 0 Å². The number of nitrogens with zero attached hydrogens (tertiary/aromatic N) is 1. The second-order valence-corrected chi connectivity index (χ2v) is 5.87. The number of methoxy groups -OCH3 is 1. The van der Waals surface area contributed by atoms with E-state index in [1.54, 1.807) is 40.8 Å². The highest BCUT2D eigenvalue weighted by Crippen LogP contribution is 2.38. The van der Waals surface area contributed by atoms with Gasteiger partial charge in [0.25, 0.3) is 5.69 Å². The highest BCUT2D eigenvalue weighted by molar-refractivity contribution is 8.76. The molecule has 0 aromatic heterocycles. The summed E-state index contributed by atoms with van der Waals surface area (Å²) in [7, 11) is 4.79. The molecule has 19 heavy (non-hydrogen) atoms. The van der Waals surface area contributed by atoms with Gasteiger partial charge in [-0.05, 0) is 36.4 Å². The van der Waals surface area contributed by atoms with Crippen molar-refractivity contribution < 1.29 is 9.66 Å². The van der Waals surface area contributed by atoms with E-state index in [4.69, 9.17) is 4.74 Å². The minimum atomic E-state index is -0.398. The van der Waals surface area contributed by atoms with Crippen molar-refractivity contribution in [2.75, 3.05) is 7.11 Å². The third-order valence-electron chi connectivity index (χ3n) is 2.34. The smallest absolute Gasteiger partial charge is 0.269 e. The molecule has 0 unspecified atom stereocenters. The number of rotatable bonds is 5. The standard InChI is InChI=1S/C13H11NO3S2/c1-17-11-4-8-13(9-5-11)19-18-12-6-2-10(3-7-12)14(15)16/h2-9H,1H3. The van der Waals surface area contributed by atoms with Crippen molar-refractivity contribution in [2.45, 2.75) is 9.79 Å². The van der Waals surface area contributed by atoms with Crippen LogP contribution in [-0.2, 0) is 0 Å². The number of benzene rings is 2. The molecule has 4 nitrogen and oxygen atoms in total. The van der Waals surface area contributed by atoms with Crippen molar-refractivity contribution in [3.8, 4) is 5.75 Å². The summed E-state index contributed by atoms with van der Waals surface area (Å²) in [6, 6.07) is 14.3. The molecule has 0 radical (unpaired) electrons. The van der Waals surface area contributed by atoms with Crippen LogP contribution in [0.25, 0.3) is 0 Å². The Balaban J connectivity index is 1.95. The second-order valence-electron chi connectivity index (χ2n) is 3.59. The molecule has 0 aliphatic rings. The zero-order valence-corrected chi connectivity index (χ0v) is 11.7. The molecule has 98 valence electrons. The molecule has 0 aliphatic carbocycles. The number of non-ortho nitro benzene ring substituents is 1. The Hall–Kier alpha value is -1.66. The van der Waals surface area contributed by atoms with Crippen molar-refractivity contribution in [1.82, 2.24) is 0 Å². The van der Waals surface area contributed by atoms with E-state index in [1.807, 2.05) is 24.3 Å². The van der Waals surface area contributed by atoms with Gasteiger partial charge in [-0.1, -0.05) is 21.6 Å². The predicted molar refractivity (Wildman–Crippen MR) is 77.8 cm³/mol. The van der Waals surface area contributed by atoms with Crippen LogP contribution in [0.4, 0.5) is 5.69 Å². The number of nitro benzene ring substituents is 1. The van der Waals surface area contributed by atoms with Gasteiger partial charge in [-0.15, -0.1) is 0 Å². The first kappa shape index (κ1) is 13.8. The maximum Gasteiger partial charge on any atom is 0.269 e. The van der Waals surface area contributed by atoms with E-state index in [-0.39, 0.29) is 5.69 Å². The average Bonchev–Trinajstić information content (AvgIpc) is 2.46. The fourth-order valence-electron chi connectivity index (χ4n) is 1.35. The SMILES string of the molecule is COc1ccc(SSc2ccc([N+](=O)[O-])cc2)cc1. The number of hydrogen-bond acceptors (Lipinski definition) is 5. The van der Waals surface area contributed by atoms with Gasteiger partial charge in [-0.25, -0.2) is 0 Å². The van der Waals surface area contributed by atoms with Crippen molar-refractivity contribution >= 4 is 27.3 Å². The zero-order valence-electron chi connectivity index (χ0n) is 10.1. The molecular formula is C13H11NO3S2. The Kier molecular flexibility index (Phi) is 4.70. The lowest BCUT2D eigenvalue weighted by molar-refractivity contribution is -0.384. The first-order valence-electron chi connectivity index (χ1n) is 5.42. The van der Waals surface area contributed by atoms with Crippen LogP contribution in [0.3, 0.4) is 0 Å². The van der Waals surface area contributed by atoms with Crippen LogP contribution >= 0.6 is 21.6 Å². The van der Waals surface area contributed by atoms with Crippen LogP contribution < -0.4 is 4.74 Å². The summed E-state index contributed by atoms with van der Waals surface area (Å²) in [5.41, 5.74) is 0.110. The first-order valence-corrected chi connectivity index (χ1v) is 7.57. The van der Waals surface area contributed by atoms with Gasteiger partial charge in [0, 0.05) is 21.9 Å². The number of ether oxygens (including phenoxy) is 1. The van der Waals surface area contributed by atoms with Crippen LogP contribution in [0.5, 0.6) is 5.75 Å².